The minimum atomic E-state index is -3.89. The first-order chi connectivity index (χ1) is 9.26. The van der Waals surface area contributed by atoms with E-state index in [4.69, 9.17) is 4.74 Å². The summed E-state index contributed by atoms with van der Waals surface area (Å²) in [6.07, 6.45) is 0.234. The van der Waals surface area contributed by atoms with Gasteiger partial charge in [-0.3, -0.25) is 10.2 Å². The normalized spacial score (nSPS) is 11.4. The van der Waals surface area contributed by atoms with E-state index in [1.807, 2.05) is 13.8 Å². The molecule has 0 unspecified atom stereocenters. The third kappa shape index (κ3) is 4.77. The number of hydrazine groups is 1. The average molecular weight is 365 g/mol. The summed E-state index contributed by atoms with van der Waals surface area (Å²) in [5.41, 5.74) is 2.18. The number of amides is 1. The highest BCUT2D eigenvalue weighted by Crippen LogP contribution is 2.26. The van der Waals surface area contributed by atoms with Crippen molar-refractivity contribution in [3.8, 4) is 5.75 Å². The molecule has 2 N–H and O–H groups in total. The van der Waals surface area contributed by atoms with Crippen molar-refractivity contribution < 1.29 is 17.9 Å². The molecule has 0 aromatic heterocycles. The summed E-state index contributed by atoms with van der Waals surface area (Å²) in [7, 11) is -2.52. The molecule has 0 atom stereocenters. The van der Waals surface area contributed by atoms with Gasteiger partial charge in [-0.2, -0.15) is 0 Å². The Morgan fingerprint density at radius 2 is 2.05 bits per heavy atom. The predicted octanol–water partition coefficient (Wildman–Crippen LogP) is 1.81. The van der Waals surface area contributed by atoms with Crippen molar-refractivity contribution in [2.75, 3.05) is 7.11 Å². The van der Waals surface area contributed by atoms with E-state index in [1.165, 1.54) is 19.2 Å². The maximum absolute atomic E-state index is 12.1. The number of methoxy groups -OCH3 is 1. The van der Waals surface area contributed by atoms with E-state index in [0.29, 0.717) is 4.47 Å². The number of carbonyl (C=O) groups is 1. The Hall–Kier alpha value is -1.12. The molecule has 1 rings (SSSR count). The molecule has 1 aromatic carbocycles. The summed E-state index contributed by atoms with van der Waals surface area (Å²) < 4.78 is 29.9. The van der Waals surface area contributed by atoms with Gasteiger partial charge >= 0.3 is 0 Å². The maximum atomic E-state index is 12.1. The van der Waals surface area contributed by atoms with Gasteiger partial charge in [0.15, 0.2) is 0 Å². The van der Waals surface area contributed by atoms with Gasteiger partial charge in [0, 0.05) is 10.9 Å². The maximum Gasteiger partial charge on any atom is 0.261 e. The highest BCUT2D eigenvalue weighted by Gasteiger charge is 2.20. The van der Waals surface area contributed by atoms with Gasteiger partial charge in [0.2, 0.25) is 5.91 Å². The summed E-state index contributed by atoms with van der Waals surface area (Å²) in [4.78, 5) is 13.5. The Bertz CT molecular complexity index is 587. The van der Waals surface area contributed by atoms with Gasteiger partial charge in [-0.15, -0.1) is 4.83 Å². The molecule has 0 bridgehead atoms. The zero-order valence-electron chi connectivity index (χ0n) is 11.4. The number of carbonyl (C=O) groups excluding carboxylic acids is 1. The molecule has 1 aromatic rings. The van der Waals surface area contributed by atoms with Crippen LogP contribution in [-0.4, -0.2) is 21.4 Å². The van der Waals surface area contributed by atoms with Gasteiger partial charge in [-0.25, -0.2) is 8.42 Å². The predicted molar refractivity (Wildman–Crippen MR) is 78.6 cm³/mol. The molecule has 0 aliphatic carbocycles. The molecule has 0 heterocycles. The zero-order chi connectivity index (χ0) is 15.3. The minimum absolute atomic E-state index is 0.0563. The molecule has 20 heavy (non-hydrogen) atoms. The second-order valence-electron chi connectivity index (χ2n) is 4.55. The zero-order valence-corrected chi connectivity index (χ0v) is 13.8. The number of nitrogens with one attached hydrogen (secondary N) is 2. The van der Waals surface area contributed by atoms with Gasteiger partial charge in [0.1, 0.15) is 10.6 Å². The van der Waals surface area contributed by atoms with E-state index in [-0.39, 0.29) is 23.0 Å². The second kappa shape index (κ2) is 7.05. The fourth-order valence-electron chi connectivity index (χ4n) is 1.46. The van der Waals surface area contributed by atoms with Gasteiger partial charge in [0.05, 0.1) is 7.11 Å². The van der Waals surface area contributed by atoms with Gasteiger partial charge < -0.3 is 4.74 Å². The molecule has 1 amide bonds. The number of halogens is 1. The van der Waals surface area contributed by atoms with Crippen LogP contribution in [0.3, 0.4) is 0 Å². The van der Waals surface area contributed by atoms with Crippen molar-refractivity contribution in [3.05, 3.63) is 22.7 Å². The van der Waals surface area contributed by atoms with Gasteiger partial charge in [-0.05, 0) is 24.1 Å². The van der Waals surface area contributed by atoms with Crippen molar-refractivity contribution >= 4 is 31.9 Å². The van der Waals surface area contributed by atoms with Gasteiger partial charge in [-0.1, -0.05) is 29.8 Å². The molecular formula is C12H17BrN2O4S. The van der Waals surface area contributed by atoms with Crippen LogP contribution in [0.4, 0.5) is 0 Å². The van der Waals surface area contributed by atoms with E-state index in [9.17, 15) is 13.2 Å². The second-order valence-corrected chi connectivity index (χ2v) is 7.11. The molecule has 0 spiro atoms. The monoisotopic (exact) mass is 364 g/mol. The molecule has 0 fully saturated rings. The van der Waals surface area contributed by atoms with Crippen molar-refractivity contribution in [1.82, 2.24) is 10.3 Å². The van der Waals surface area contributed by atoms with Crippen molar-refractivity contribution in [2.45, 2.75) is 25.2 Å². The van der Waals surface area contributed by atoms with Crippen molar-refractivity contribution in [1.29, 1.82) is 0 Å². The molecule has 112 valence electrons. The Morgan fingerprint density at radius 3 is 2.60 bits per heavy atom. The van der Waals surface area contributed by atoms with Crippen LogP contribution in [0, 0.1) is 5.92 Å². The lowest BCUT2D eigenvalue weighted by atomic mass is 10.1. The van der Waals surface area contributed by atoms with Crippen molar-refractivity contribution in [2.24, 2.45) is 5.92 Å². The van der Waals surface area contributed by atoms with E-state index >= 15 is 0 Å². The summed E-state index contributed by atoms with van der Waals surface area (Å²) in [6, 6.07) is 4.58. The number of hydrogen-bond donors (Lipinski definition) is 2. The molecule has 0 saturated heterocycles. The summed E-state index contributed by atoms with van der Waals surface area (Å²) >= 11 is 3.20. The molecule has 6 nitrogen and oxygen atoms in total. The van der Waals surface area contributed by atoms with E-state index in [1.54, 1.807) is 6.07 Å². The number of benzene rings is 1. The SMILES string of the molecule is COc1ccc(Br)cc1S(=O)(=O)NNC(=O)CC(C)C. The van der Waals surface area contributed by atoms with Crippen LogP contribution < -0.4 is 15.0 Å². The first-order valence-corrected chi connectivity index (χ1v) is 8.18. The van der Waals surface area contributed by atoms with Gasteiger partial charge in [0.25, 0.3) is 10.0 Å². The van der Waals surface area contributed by atoms with E-state index < -0.39 is 15.9 Å². The fourth-order valence-corrected chi connectivity index (χ4v) is 3.03. The first kappa shape index (κ1) is 16.9. The number of ether oxygens (including phenoxy) is 1. The largest absolute Gasteiger partial charge is 0.495 e. The van der Waals surface area contributed by atoms with Crippen LogP contribution in [0.1, 0.15) is 20.3 Å². The third-order valence-corrected chi connectivity index (χ3v) is 4.10. The number of sulfonamides is 1. The Morgan fingerprint density at radius 1 is 1.40 bits per heavy atom. The highest BCUT2D eigenvalue weighted by atomic mass is 79.9. The Balaban J connectivity index is 2.89. The van der Waals surface area contributed by atoms with Crippen LogP contribution in [0.15, 0.2) is 27.6 Å². The van der Waals surface area contributed by atoms with Crippen molar-refractivity contribution in [3.63, 3.8) is 0 Å². The molecule has 8 heteroatoms. The van der Waals surface area contributed by atoms with E-state index in [0.717, 1.165) is 0 Å². The van der Waals surface area contributed by atoms with Crippen LogP contribution in [0.5, 0.6) is 5.75 Å². The summed E-state index contributed by atoms with van der Waals surface area (Å²) in [5, 5.41) is 0. The lowest BCUT2D eigenvalue weighted by Crippen LogP contribution is -2.42. The number of hydrogen-bond acceptors (Lipinski definition) is 4. The molecule has 0 aliphatic heterocycles. The quantitative estimate of drug-likeness (QED) is 0.753. The van der Waals surface area contributed by atoms with E-state index in [2.05, 4.69) is 26.2 Å². The van der Waals surface area contributed by atoms with Crippen LogP contribution in [0.2, 0.25) is 0 Å². The minimum Gasteiger partial charge on any atom is -0.495 e. The van der Waals surface area contributed by atoms with Crippen LogP contribution in [-0.2, 0) is 14.8 Å². The first-order valence-electron chi connectivity index (χ1n) is 5.90. The third-order valence-electron chi connectivity index (χ3n) is 2.33. The smallest absolute Gasteiger partial charge is 0.261 e. The topological polar surface area (TPSA) is 84.5 Å². The molecule has 0 aliphatic rings. The standard InChI is InChI=1S/C12H17BrN2O4S/c1-8(2)6-12(16)14-15-20(17,18)11-7-9(13)4-5-10(11)19-3/h4-5,7-8,15H,6H2,1-3H3,(H,14,16). The highest BCUT2D eigenvalue weighted by molar-refractivity contribution is 9.10. The number of rotatable bonds is 6. The van der Waals surface area contributed by atoms with Crippen LogP contribution in [0.25, 0.3) is 0 Å². The lowest BCUT2D eigenvalue weighted by molar-refractivity contribution is -0.122. The Labute approximate surface area is 127 Å². The lowest BCUT2D eigenvalue weighted by Gasteiger charge is -2.12. The molecule has 0 radical (unpaired) electrons. The fraction of sp³-hybridized carbons (Fsp3) is 0.417. The molecular weight excluding hydrogens is 348 g/mol. The average Bonchev–Trinajstić information content (AvgIpc) is 2.36. The molecule has 0 saturated carbocycles. The van der Waals surface area contributed by atoms with Crippen LogP contribution >= 0.6 is 15.9 Å². The summed E-state index contributed by atoms with van der Waals surface area (Å²) in [5.74, 6) is -0.0590. The summed E-state index contributed by atoms with van der Waals surface area (Å²) in [6.45, 7) is 3.73. The Kier molecular flexibility index (Phi) is 5.97.